The molecule has 3 heteroatoms. The minimum Gasteiger partial charge on any atom is -0.361 e. The molecule has 0 spiro atoms. The molecule has 2 rings (SSSR count). The maximum Gasteiger partial charge on any atom is 0.156 e. The van der Waals surface area contributed by atoms with Crippen LogP contribution in [0, 0.1) is 11.3 Å². The van der Waals surface area contributed by atoms with Gasteiger partial charge in [0, 0.05) is 13.1 Å². The lowest BCUT2D eigenvalue weighted by Crippen LogP contribution is -2.42. The van der Waals surface area contributed by atoms with Gasteiger partial charge in [0.05, 0.1) is 12.7 Å². The van der Waals surface area contributed by atoms with E-state index in [9.17, 15) is 0 Å². The van der Waals surface area contributed by atoms with Crippen LogP contribution in [0.1, 0.15) is 18.4 Å². The highest BCUT2D eigenvalue weighted by Crippen LogP contribution is 2.08. The molecule has 1 saturated heterocycles. The van der Waals surface area contributed by atoms with Crippen molar-refractivity contribution < 1.29 is 4.74 Å². The average Bonchev–Trinajstić information content (AvgIpc) is 2.45. The Labute approximate surface area is 109 Å². The number of ether oxygens (including phenoxy) is 1. The van der Waals surface area contributed by atoms with Crippen molar-refractivity contribution in [2.24, 2.45) is 0 Å². The fraction of sp³-hybridized carbons (Fsp3) is 0.533. The van der Waals surface area contributed by atoms with Crippen molar-refractivity contribution in [3.8, 4) is 6.07 Å². The minimum atomic E-state index is -0.229. The van der Waals surface area contributed by atoms with Crippen molar-refractivity contribution in [1.82, 2.24) is 4.90 Å². The molecule has 1 unspecified atom stereocenters. The van der Waals surface area contributed by atoms with E-state index in [1.54, 1.807) is 0 Å². The minimum absolute atomic E-state index is 0.229. The van der Waals surface area contributed by atoms with E-state index >= 15 is 0 Å². The molecule has 1 atom stereocenters. The van der Waals surface area contributed by atoms with Crippen LogP contribution in [-0.4, -0.2) is 37.2 Å². The number of rotatable bonds is 5. The van der Waals surface area contributed by atoms with E-state index < -0.39 is 0 Å². The molecule has 18 heavy (non-hydrogen) atoms. The second-order valence-corrected chi connectivity index (χ2v) is 4.73. The molecule has 1 aliphatic rings. The summed E-state index contributed by atoms with van der Waals surface area (Å²) in [5.41, 5.74) is 1.41. The Balaban J connectivity index is 1.62. The van der Waals surface area contributed by atoms with Gasteiger partial charge in [-0.15, -0.1) is 0 Å². The number of unbranched alkanes of at least 4 members (excludes halogenated alkanes) is 1. The maximum absolute atomic E-state index is 8.83. The Bertz CT molecular complexity index is 385. The highest BCUT2D eigenvalue weighted by Gasteiger charge is 2.18. The first-order chi connectivity index (χ1) is 8.88. The highest BCUT2D eigenvalue weighted by atomic mass is 16.5. The van der Waals surface area contributed by atoms with Crippen molar-refractivity contribution in [3.05, 3.63) is 35.9 Å². The molecule has 0 aromatic heterocycles. The van der Waals surface area contributed by atoms with E-state index in [1.165, 1.54) is 18.4 Å². The van der Waals surface area contributed by atoms with E-state index in [4.69, 9.17) is 10.00 Å². The molecule has 0 radical (unpaired) electrons. The predicted molar refractivity (Wildman–Crippen MR) is 71.2 cm³/mol. The van der Waals surface area contributed by atoms with Crippen molar-refractivity contribution in [2.75, 3.05) is 26.2 Å². The zero-order chi connectivity index (χ0) is 12.6. The van der Waals surface area contributed by atoms with E-state index in [0.29, 0.717) is 6.61 Å². The monoisotopic (exact) mass is 244 g/mol. The van der Waals surface area contributed by atoms with Gasteiger partial charge in [0.25, 0.3) is 0 Å². The molecule has 0 bridgehead atoms. The number of hydrogen-bond acceptors (Lipinski definition) is 3. The smallest absolute Gasteiger partial charge is 0.156 e. The molecule has 0 amide bonds. The Hall–Kier alpha value is -1.37. The molecule has 0 aliphatic carbocycles. The van der Waals surface area contributed by atoms with E-state index in [-0.39, 0.29) is 6.10 Å². The highest BCUT2D eigenvalue weighted by molar-refractivity contribution is 5.14. The van der Waals surface area contributed by atoms with Gasteiger partial charge in [-0.05, 0) is 31.4 Å². The molecule has 3 nitrogen and oxygen atoms in total. The number of nitriles is 1. The number of benzene rings is 1. The second kappa shape index (κ2) is 7.15. The number of aryl methyl sites for hydroxylation is 1. The summed E-state index contributed by atoms with van der Waals surface area (Å²) in [6.45, 7) is 3.50. The topological polar surface area (TPSA) is 36.3 Å². The van der Waals surface area contributed by atoms with Crippen LogP contribution in [0.4, 0.5) is 0 Å². The number of hydrogen-bond donors (Lipinski definition) is 0. The van der Waals surface area contributed by atoms with Crippen LogP contribution >= 0.6 is 0 Å². The summed E-state index contributed by atoms with van der Waals surface area (Å²) in [4.78, 5) is 2.34. The molecule has 96 valence electrons. The lowest BCUT2D eigenvalue weighted by Gasteiger charge is -2.29. The van der Waals surface area contributed by atoms with Gasteiger partial charge in [0.15, 0.2) is 6.10 Å². The third kappa shape index (κ3) is 4.14. The van der Waals surface area contributed by atoms with E-state index in [2.05, 4.69) is 41.3 Å². The summed E-state index contributed by atoms with van der Waals surface area (Å²) in [5, 5.41) is 8.83. The normalized spacial score (nSPS) is 20.5. The second-order valence-electron chi connectivity index (χ2n) is 4.73. The van der Waals surface area contributed by atoms with E-state index in [0.717, 1.165) is 26.1 Å². The summed E-state index contributed by atoms with van der Waals surface area (Å²) < 4.78 is 5.33. The number of morpholine rings is 1. The molecule has 0 saturated carbocycles. The van der Waals surface area contributed by atoms with Crippen molar-refractivity contribution >= 4 is 0 Å². The zero-order valence-corrected chi connectivity index (χ0v) is 10.7. The summed E-state index contributed by atoms with van der Waals surface area (Å²) in [5.74, 6) is 0. The molecular weight excluding hydrogens is 224 g/mol. The first-order valence-electron chi connectivity index (χ1n) is 6.66. The van der Waals surface area contributed by atoms with Gasteiger partial charge in [-0.1, -0.05) is 30.3 Å². The Morgan fingerprint density at radius 3 is 2.89 bits per heavy atom. The quantitative estimate of drug-likeness (QED) is 0.745. The summed E-state index contributed by atoms with van der Waals surface area (Å²) in [7, 11) is 0. The molecule has 0 N–H and O–H groups in total. The van der Waals surface area contributed by atoms with Gasteiger partial charge >= 0.3 is 0 Å². The fourth-order valence-corrected chi connectivity index (χ4v) is 2.29. The Kier molecular flexibility index (Phi) is 5.19. The molecule has 1 heterocycles. The Morgan fingerprint density at radius 1 is 1.28 bits per heavy atom. The predicted octanol–water partition coefficient (Wildman–Crippen LogP) is 2.23. The standard InChI is InChI=1S/C15H20N2O/c16-12-15-13-17(10-11-18-15)9-5-4-8-14-6-2-1-3-7-14/h1-3,6-7,15H,4-5,8-11,13H2. The first-order valence-corrected chi connectivity index (χ1v) is 6.66. The van der Waals surface area contributed by atoms with Crippen LogP contribution in [0.3, 0.4) is 0 Å². The first kappa shape index (κ1) is 13.1. The SMILES string of the molecule is N#CC1CN(CCCCc2ccccc2)CCO1. The molecule has 1 fully saturated rings. The van der Waals surface area contributed by atoms with Crippen molar-refractivity contribution in [3.63, 3.8) is 0 Å². The van der Waals surface area contributed by atoms with Crippen LogP contribution in [-0.2, 0) is 11.2 Å². The van der Waals surface area contributed by atoms with Crippen LogP contribution in [0.25, 0.3) is 0 Å². The Morgan fingerprint density at radius 2 is 2.11 bits per heavy atom. The van der Waals surface area contributed by atoms with E-state index in [1.807, 2.05) is 0 Å². The molecule has 1 aromatic rings. The zero-order valence-electron chi connectivity index (χ0n) is 10.7. The van der Waals surface area contributed by atoms with Gasteiger partial charge in [-0.2, -0.15) is 5.26 Å². The lowest BCUT2D eigenvalue weighted by molar-refractivity contribution is 0.0000955. The lowest BCUT2D eigenvalue weighted by atomic mass is 10.1. The molecule has 1 aromatic carbocycles. The van der Waals surface area contributed by atoms with Gasteiger partial charge in [0.1, 0.15) is 0 Å². The third-order valence-electron chi connectivity index (χ3n) is 3.33. The fourth-order valence-electron chi connectivity index (χ4n) is 2.29. The van der Waals surface area contributed by atoms with Gasteiger partial charge in [-0.25, -0.2) is 0 Å². The van der Waals surface area contributed by atoms with Crippen LogP contribution < -0.4 is 0 Å². The molecule has 1 aliphatic heterocycles. The van der Waals surface area contributed by atoms with Crippen LogP contribution in [0.2, 0.25) is 0 Å². The average molecular weight is 244 g/mol. The van der Waals surface area contributed by atoms with Crippen molar-refractivity contribution in [1.29, 1.82) is 5.26 Å². The largest absolute Gasteiger partial charge is 0.361 e. The summed E-state index contributed by atoms with van der Waals surface area (Å²) in [6, 6.07) is 12.8. The maximum atomic E-state index is 8.83. The van der Waals surface area contributed by atoms with Gasteiger partial charge in [-0.3, -0.25) is 4.90 Å². The summed E-state index contributed by atoms with van der Waals surface area (Å²) in [6.07, 6.45) is 3.31. The third-order valence-corrected chi connectivity index (χ3v) is 3.33. The molecular formula is C15H20N2O. The number of nitrogens with zero attached hydrogens (tertiary/aromatic N) is 2. The van der Waals surface area contributed by atoms with Crippen LogP contribution in [0.5, 0.6) is 0 Å². The summed E-state index contributed by atoms with van der Waals surface area (Å²) >= 11 is 0. The van der Waals surface area contributed by atoms with Gasteiger partial charge < -0.3 is 4.74 Å². The van der Waals surface area contributed by atoms with Gasteiger partial charge in [0.2, 0.25) is 0 Å². The van der Waals surface area contributed by atoms with Crippen LogP contribution in [0.15, 0.2) is 30.3 Å². The van der Waals surface area contributed by atoms with Crippen molar-refractivity contribution in [2.45, 2.75) is 25.4 Å².